The molecule has 0 saturated heterocycles. The van der Waals surface area contributed by atoms with Gasteiger partial charge in [0.05, 0.1) is 9.26 Å². The predicted octanol–water partition coefficient (Wildman–Crippen LogP) is 4.59. The fourth-order valence-corrected chi connectivity index (χ4v) is 2.83. The van der Waals surface area contributed by atoms with Crippen molar-refractivity contribution in [1.82, 2.24) is 9.97 Å². The van der Waals surface area contributed by atoms with E-state index in [1.54, 1.807) is 0 Å². The van der Waals surface area contributed by atoms with Gasteiger partial charge in [0.15, 0.2) is 5.82 Å². The Morgan fingerprint density at radius 2 is 2.06 bits per heavy atom. The molecule has 1 aromatic heterocycles. The van der Waals surface area contributed by atoms with Gasteiger partial charge in [-0.25, -0.2) is 9.97 Å². The van der Waals surface area contributed by atoms with Crippen molar-refractivity contribution in [3.05, 3.63) is 44.2 Å². The molecule has 0 spiro atoms. The number of hydrogen-bond donors (Lipinski definition) is 0. The zero-order chi connectivity index (χ0) is 12.7. The van der Waals surface area contributed by atoms with Gasteiger partial charge in [-0.05, 0) is 48.4 Å². The van der Waals surface area contributed by atoms with Gasteiger partial charge in [-0.3, -0.25) is 0 Å². The van der Waals surface area contributed by atoms with E-state index in [0.717, 1.165) is 20.7 Å². The molecule has 0 atom stereocenters. The van der Waals surface area contributed by atoms with Gasteiger partial charge in [0.1, 0.15) is 5.15 Å². The summed E-state index contributed by atoms with van der Waals surface area (Å²) in [6, 6.07) is 8.22. The first-order chi connectivity index (χ1) is 8.65. The molecule has 0 N–H and O–H groups in total. The summed E-state index contributed by atoms with van der Waals surface area (Å²) in [7, 11) is 0. The first kappa shape index (κ1) is 12.4. The second kappa shape index (κ2) is 4.78. The standard InChI is InChI=1S/C14H12ClIN2/c1-8-3-2-4-10(7-8)14-17-12(9-5-6-9)11(16)13(15)18-14/h2-4,7,9H,5-6H2,1H3. The molecule has 0 bridgehead atoms. The lowest BCUT2D eigenvalue weighted by molar-refractivity contribution is 0.978. The number of aryl methyl sites for hydroxylation is 1. The summed E-state index contributed by atoms with van der Waals surface area (Å²) in [5, 5.41) is 0.573. The second-order valence-electron chi connectivity index (χ2n) is 4.68. The van der Waals surface area contributed by atoms with Crippen LogP contribution >= 0.6 is 34.2 Å². The van der Waals surface area contributed by atoms with Crippen LogP contribution in [0.2, 0.25) is 5.15 Å². The van der Waals surface area contributed by atoms with Gasteiger partial charge >= 0.3 is 0 Å². The Kier molecular flexibility index (Phi) is 3.28. The van der Waals surface area contributed by atoms with Gasteiger partial charge in [-0.15, -0.1) is 0 Å². The molecule has 1 aromatic carbocycles. The highest BCUT2D eigenvalue weighted by molar-refractivity contribution is 14.1. The number of rotatable bonds is 2. The molecule has 1 saturated carbocycles. The molecule has 3 rings (SSSR count). The lowest BCUT2D eigenvalue weighted by Crippen LogP contribution is -1.99. The fourth-order valence-electron chi connectivity index (χ4n) is 1.98. The van der Waals surface area contributed by atoms with Gasteiger partial charge in [0, 0.05) is 11.5 Å². The van der Waals surface area contributed by atoms with Crippen molar-refractivity contribution in [2.75, 3.05) is 0 Å². The van der Waals surface area contributed by atoms with Crippen LogP contribution in [0.5, 0.6) is 0 Å². The molecular formula is C14H12ClIN2. The highest BCUT2D eigenvalue weighted by Crippen LogP contribution is 2.42. The average molecular weight is 371 g/mol. The molecule has 2 nitrogen and oxygen atoms in total. The van der Waals surface area contributed by atoms with E-state index in [1.807, 2.05) is 12.1 Å². The van der Waals surface area contributed by atoms with Crippen molar-refractivity contribution in [2.45, 2.75) is 25.7 Å². The Morgan fingerprint density at radius 3 is 2.72 bits per heavy atom. The summed E-state index contributed by atoms with van der Waals surface area (Å²) < 4.78 is 1.01. The van der Waals surface area contributed by atoms with Crippen LogP contribution in [0, 0.1) is 10.5 Å². The van der Waals surface area contributed by atoms with Crippen LogP contribution in [0.3, 0.4) is 0 Å². The molecule has 1 fully saturated rings. The maximum Gasteiger partial charge on any atom is 0.161 e. The summed E-state index contributed by atoms with van der Waals surface area (Å²) in [5.41, 5.74) is 3.36. The SMILES string of the molecule is Cc1cccc(-c2nc(Cl)c(I)c(C3CC3)n2)c1. The van der Waals surface area contributed by atoms with E-state index in [0.29, 0.717) is 11.1 Å². The molecule has 18 heavy (non-hydrogen) atoms. The predicted molar refractivity (Wildman–Crippen MR) is 81.9 cm³/mol. The van der Waals surface area contributed by atoms with E-state index in [2.05, 4.69) is 46.6 Å². The lowest BCUT2D eigenvalue weighted by atomic mass is 10.1. The monoisotopic (exact) mass is 370 g/mol. The van der Waals surface area contributed by atoms with Crippen molar-refractivity contribution < 1.29 is 0 Å². The minimum Gasteiger partial charge on any atom is -0.232 e. The molecule has 1 aliphatic carbocycles. The summed E-state index contributed by atoms with van der Waals surface area (Å²) in [4.78, 5) is 9.11. The third-order valence-corrected chi connectivity index (χ3v) is 4.73. The van der Waals surface area contributed by atoms with Gasteiger partial charge in [0.25, 0.3) is 0 Å². The van der Waals surface area contributed by atoms with Crippen LogP contribution in [-0.4, -0.2) is 9.97 Å². The average Bonchev–Trinajstić information content (AvgIpc) is 3.16. The molecule has 1 aliphatic rings. The zero-order valence-corrected chi connectivity index (χ0v) is 12.9. The Balaban J connectivity index is 2.12. The summed E-state index contributed by atoms with van der Waals surface area (Å²) in [6.45, 7) is 2.07. The summed E-state index contributed by atoms with van der Waals surface area (Å²) >= 11 is 8.47. The molecule has 0 aliphatic heterocycles. The zero-order valence-electron chi connectivity index (χ0n) is 9.95. The molecule has 1 heterocycles. The quantitative estimate of drug-likeness (QED) is 0.571. The lowest BCUT2D eigenvalue weighted by Gasteiger charge is -2.08. The maximum atomic E-state index is 6.22. The second-order valence-corrected chi connectivity index (χ2v) is 6.12. The van der Waals surface area contributed by atoms with Gasteiger partial charge in [-0.1, -0.05) is 35.4 Å². The largest absolute Gasteiger partial charge is 0.232 e. The topological polar surface area (TPSA) is 25.8 Å². The van der Waals surface area contributed by atoms with Crippen LogP contribution < -0.4 is 0 Å². The Bertz CT molecular complexity index is 609. The third-order valence-electron chi connectivity index (χ3n) is 3.08. The smallest absolute Gasteiger partial charge is 0.161 e. The van der Waals surface area contributed by atoms with Crippen LogP contribution in [0.25, 0.3) is 11.4 Å². The van der Waals surface area contributed by atoms with Crippen molar-refractivity contribution in [3.63, 3.8) is 0 Å². The van der Waals surface area contributed by atoms with Gasteiger partial charge in [-0.2, -0.15) is 0 Å². The number of aromatic nitrogens is 2. The molecule has 0 radical (unpaired) electrons. The van der Waals surface area contributed by atoms with Crippen molar-refractivity contribution in [3.8, 4) is 11.4 Å². The molecular weight excluding hydrogens is 359 g/mol. The minimum atomic E-state index is 0.573. The number of benzene rings is 1. The first-order valence-electron chi connectivity index (χ1n) is 5.95. The Hall–Kier alpha value is -0.680. The van der Waals surface area contributed by atoms with E-state index in [9.17, 15) is 0 Å². The maximum absolute atomic E-state index is 6.22. The van der Waals surface area contributed by atoms with Crippen molar-refractivity contribution in [1.29, 1.82) is 0 Å². The van der Waals surface area contributed by atoms with Gasteiger partial charge in [0.2, 0.25) is 0 Å². The van der Waals surface area contributed by atoms with E-state index in [1.165, 1.54) is 18.4 Å². The van der Waals surface area contributed by atoms with Crippen LogP contribution in [-0.2, 0) is 0 Å². The van der Waals surface area contributed by atoms with Crippen LogP contribution in [0.1, 0.15) is 30.0 Å². The molecule has 0 unspecified atom stereocenters. The first-order valence-corrected chi connectivity index (χ1v) is 7.41. The van der Waals surface area contributed by atoms with Crippen LogP contribution in [0.15, 0.2) is 24.3 Å². The Labute approximate surface area is 125 Å². The van der Waals surface area contributed by atoms with E-state index in [4.69, 9.17) is 16.6 Å². The Morgan fingerprint density at radius 1 is 1.28 bits per heavy atom. The van der Waals surface area contributed by atoms with E-state index < -0.39 is 0 Å². The minimum absolute atomic E-state index is 0.573. The third kappa shape index (κ3) is 2.38. The number of halogens is 2. The van der Waals surface area contributed by atoms with Crippen molar-refractivity contribution in [2.24, 2.45) is 0 Å². The summed E-state index contributed by atoms with van der Waals surface area (Å²) in [5.74, 6) is 1.33. The normalized spacial score (nSPS) is 14.8. The van der Waals surface area contributed by atoms with Gasteiger partial charge < -0.3 is 0 Å². The molecule has 92 valence electrons. The highest BCUT2D eigenvalue weighted by atomic mass is 127. The number of hydrogen-bond acceptors (Lipinski definition) is 2. The fraction of sp³-hybridized carbons (Fsp3) is 0.286. The van der Waals surface area contributed by atoms with Crippen LogP contribution in [0.4, 0.5) is 0 Å². The molecule has 0 amide bonds. The highest BCUT2D eigenvalue weighted by Gasteiger charge is 2.29. The number of nitrogens with zero attached hydrogens (tertiary/aromatic N) is 2. The summed E-state index contributed by atoms with van der Waals surface area (Å²) in [6.07, 6.45) is 2.44. The van der Waals surface area contributed by atoms with E-state index >= 15 is 0 Å². The van der Waals surface area contributed by atoms with Crippen molar-refractivity contribution >= 4 is 34.2 Å². The van der Waals surface area contributed by atoms with E-state index in [-0.39, 0.29) is 0 Å². The molecule has 2 aromatic rings. The molecule has 4 heteroatoms.